The molecule has 1 heterocycles. The van der Waals surface area contributed by atoms with Gasteiger partial charge in [-0.2, -0.15) is 5.26 Å². The van der Waals surface area contributed by atoms with E-state index in [-0.39, 0.29) is 0 Å². The molecule has 0 atom stereocenters. The maximum Gasteiger partial charge on any atom is 0.179 e. The number of rotatable bonds is 7. The lowest BCUT2D eigenvalue weighted by molar-refractivity contribution is 0.249. The van der Waals surface area contributed by atoms with E-state index in [1.807, 2.05) is 44.2 Å². The van der Waals surface area contributed by atoms with Crippen LogP contribution in [-0.4, -0.2) is 38.2 Å². The molecular weight excluding hydrogens is 442 g/mol. The second-order valence-electron chi connectivity index (χ2n) is 7.89. The van der Waals surface area contributed by atoms with Crippen molar-refractivity contribution in [3.63, 3.8) is 0 Å². The van der Waals surface area contributed by atoms with Crippen LogP contribution in [0.1, 0.15) is 30.5 Å². The summed E-state index contributed by atoms with van der Waals surface area (Å²) in [6, 6.07) is 24.4. The first kappa shape index (κ1) is 25.5. The molecule has 1 saturated heterocycles. The van der Waals surface area contributed by atoms with Gasteiger partial charge in [-0.25, -0.2) is 0 Å². The second-order valence-corrected chi connectivity index (χ2v) is 8.69. The fraction of sp³-hybridized carbons (Fsp3) is 0.321. The molecule has 0 unspecified atom stereocenters. The predicted octanol–water partition coefficient (Wildman–Crippen LogP) is 6.31. The van der Waals surface area contributed by atoms with Crippen LogP contribution in [0.4, 0.5) is 5.69 Å². The van der Waals surface area contributed by atoms with Crippen molar-refractivity contribution >= 4 is 17.7 Å². The van der Waals surface area contributed by atoms with Gasteiger partial charge in [0.25, 0.3) is 0 Å². The van der Waals surface area contributed by atoms with E-state index in [1.165, 1.54) is 28.9 Å². The zero-order valence-electron chi connectivity index (χ0n) is 20.5. The Bertz CT molecular complexity index is 1070. The van der Waals surface area contributed by atoms with E-state index in [0.29, 0.717) is 5.56 Å². The van der Waals surface area contributed by atoms with Crippen molar-refractivity contribution in [3.8, 4) is 17.6 Å². The minimum atomic E-state index is 0.700. The van der Waals surface area contributed by atoms with Gasteiger partial charge in [0.1, 0.15) is 0 Å². The summed E-state index contributed by atoms with van der Waals surface area (Å²) in [6.45, 7) is 10.9. The summed E-state index contributed by atoms with van der Waals surface area (Å²) in [4.78, 5) is 5.88. The molecule has 0 amide bonds. The van der Waals surface area contributed by atoms with Crippen molar-refractivity contribution in [2.45, 2.75) is 32.2 Å². The standard InChI is InChI=1S/C26H27N3O2S.C2H6/c1-20-3-10-24(11-4-20)32-31-25-12-7-22(17-26(25)30-2)19-28-13-15-29(16-14-28)23-8-5-21(18-27)6-9-23;1-2/h3-12,17H,13-16,19H2,1-2H3;1-2H3. The minimum Gasteiger partial charge on any atom is -0.493 e. The van der Waals surface area contributed by atoms with Crippen LogP contribution < -0.4 is 13.8 Å². The largest absolute Gasteiger partial charge is 0.493 e. The first-order valence-electron chi connectivity index (χ1n) is 11.7. The zero-order chi connectivity index (χ0) is 24.3. The summed E-state index contributed by atoms with van der Waals surface area (Å²) < 4.78 is 11.5. The number of methoxy groups -OCH3 is 1. The molecule has 3 aromatic rings. The lowest BCUT2D eigenvalue weighted by Crippen LogP contribution is -2.45. The Hall–Kier alpha value is -3.14. The molecule has 0 spiro atoms. The third-order valence-corrected chi connectivity index (χ3v) is 6.34. The zero-order valence-corrected chi connectivity index (χ0v) is 21.3. The normalized spacial score (nSPS) is 13.4. The molecule has 1 aliphatic heterocycles. The molecule has 0 bridgehead atoms. The van der Waals surface area contributed by atoms with E-state index in [1.54, 1.807) is 7.11 Å². The van der Waals surface area contributed by atoms with Crippen LogP contribution in [0.5, 0.6) is 11.5 Å². The Kier molecular flexibility index (Phi) is 9.69. The number of hydrogen-bond donors (Lipinski definition) is 0. The molecule has 0 aromatic heterocycles. The van der Waals surface area contributed by atoms with E-state index < -0.39 is 0 Å². The van der Waals surface area contributed by atoms with Gasteiger partial charge in [0.2, 0.25) is 0 Å². The minimum absolute atomic E-state index is 0.700. The Labute approximate surface area is 208 Å². The van der Waals surface area contributed by atoms with E-state index in [4.69, 9.17) is 14.2 Å². The molecular formula is C28H33N3O2S. The fourth-order valence-electron chi connectivity index (χ4n) is 3.74. The SMILES string of the molecule is CC.COc1cc(CN2CCN(c3ccc(C#N)cc3)CC2)ccc1OSc1ccc(C)cc1. The van der Waals surface area contributed by atoms with Crippen molar-refractivity contribution < 1.29 is 8.92 Å². The van der Waals surface area contributed by atoms with E-state index >= 15 is 0 Å². The monoisotopic (exact) mass is 475 g/mol. The van der Waals surface area contributed by atoms with Crippen LogP contribution in [-0.2, 0) is 6.54 Å². The molecule has 1 aliphatic rings. The maximum atomic E-state index is 8.97. The van der Waals surface area contributed by atoms with Crippen LogP contribution >= 0.6 is 12.0 Å². The van der Waals surface area contributed by atoms with Gasteiger partial charge in [-0.1, -0.05) is 37.6 Å². The lowest BCUT2D eigenvalue weighted by Gasteiger charge is -2.36. The van der Waals surface area contributed by atoms with Crippen LogP contribution in [0, 0.1) is 18.3 Å². The van der Waals surface area contributed by atoms with Gasteiger partial charge in [-0.05, 0) is 61.0 Å². The maximum absolute atomic E-state index is 8.97. The van der Waals surface area contributed by atoms with Gasteiger partial charge in [-0.3, -0.25) is 4.90 Å². The Morgan fingerprint density at radius 2 is 1.56 bits per heavy atom. The lowest BCUT2D eigenvalue weighted by atomic mass is 10.1. The molecule has 0 N–H and O–H groups in total. The summed E-state index contributed by atoms with van der Waals surface area (Å²) in [5, 5.41) is 8.97. The van der Waals surface area contributed by atoms with Gasteiger partial charge in [-0.15, -0.1) is 0 Å². The van der Waals surface area contributed by atoms with Crippen molar-refractivity contribution in [3.05, 3.63) is 83.4 Å². The van der Waals surface area contributed by atoms with Gasteiger partial charge in [0.05, 0.1) is 30.8 Å². The Morgan fingerprint density at radius 1 is 0.882 bits per heavy atom. The Morgan fingerprint density at radius 3 is 2.18 bits per heavy atom. The molecule has 4 rings (SSSR count). The first-order valence-corrected chi connectivity index (χ1v) is 12.4. The Balaban J connectivity index is 0.00000158. The fourth-order valence-corrected chi connectivity index (χ4v) is 4.31. The molecule has 178 valence electrons. The van der Waals surface area contributed by atoms with Crippen LogP contribution in [0.15, 0.2) is 71.6 Å². The van der Waals surface area contributed by atoms with E-state index in [2.05, 4.69) is 59.2 Å². The summed E-state index contributed by atoms with van der Waals surface area (Å²) in [7, 11) is 1.68. The summed E-state index contributed by atoms with van der Waals surface area (Å²) >= 11 is 1.34. The smallest absolute Gasteiger partial charge is 0.179 e. The average Bonchev–Trinajstić information content (AvgIpc) is 2.90. The van der Waals surface area contributed by atoms with E-state index in [9.17, 15) is 0 Å². The van der Waals surface area contributed by atoms with Crippen LogP contribution in [0.2, 0.25) is 0 Å². The highest BCUT2D eigenvalue weighted by molar-refractivity contribution is 7.95. The molecule has 6 heteroatoms. The molecule has 0 aliphatic carbocycles. The second kappa shape index (κ2) is 12.9. The molecule has 3 aromatic carbocycles. The van der Waals surface area contributed by atoms with Crippen molar-refractivity contribution in [1.82, 2.24) is 4.90 Å². The predicted molar refractivity (Wildman–Crippen MR) is 141 cm³/mol. The third kappa shape index (κ3) is 6.93. The highest BCUT2D eigenvalue weighted by atomic mass is 32.2. The third-order valence-electron chi connectivity index (χ3n) is 5.62. The number of benzene rings is 3. The van der Waals surface area contributed by atoms with E-state index in [0.717, 1.165) is 49.1 Å². The topological polar surface area (TPSA) is 48.7 Å². The van der Waals surface area contributed by atoms with Crippen molar-refractivity contribution in [2.24, 2.45) is 0 Å². The highest BCUT2D eigenvalue weighted by Crippen LogP contribution is 2.33. The number of anilines is 1. The van der Waals surface area contributed by atoms with Gasteiger partial charge < -0.3 is 13.8 Å². The first-order chi connectivity index (χ1) is 16.6. The van der Waals surface area contributed by atoms with Gasteiger partial charge >= 0.3 is 0 Å². The van der Waals surface area contributed by atoms with Crippen molar-refractivity contribution in [1.29, 1.82) is 5.26 Å². The molecule has 34 heavy (non-hydrogen) atoms. The number of aryl methyl sites for hydroxylation is 1. The summed E-state index contributed by atoms with van der Waals surface area (Å²) in [6.07, 6.45) is 0. The molecule has 1 fully saturated rings. The molecule has 0 saturated carbocycles. The van der Waals surface area contributed by atoms with Gasteiger partial charge in [0.15, 0.2) is 11.5 Å². The van der Waals surface area contributed by atoms with Crippen LogP contribution in [0.3, 0.4) is 0 Å². The number of hydrogen-bond acceptors (Lipinski definition) is 6. The number of piperazine rings is 1. The number of ether oxygens (including phenoxy) is 1. The van der Waals surface area contributed by atoms with Crippen LogP contribution in [0.25, 0.3) is 0 Å². The highest BCUT2D eigenvalue weighted by Gasteiger charge is 2.18. The number of nitrogens with zero attached hydrogens (tertiary/aromatic N) is 3. The average molecular weight is 476 g/mol. The quantitative estimate of drug-likeness (QED) is 0.373. The van der Waals surface area contributed by atoms with Gasteiger partial charge in [0, 0.05) is 43.3 Å². The van der Waals surface area contributed by atoms with Crippen molar-refractivity contribution in [2.75, 3.05) is 38.2 Å². The summed E-state index contributed by atoms with van der Waals surface area (Å²) in [5.74, 6) is 1.48. The number of nitriles is 1. The summed E-state index contributed by atoms with van der Waals surface area (Å²) in [5.41, 5.74) is 4.32. The molecule has 0 radical (unpaired) electrons. The molecule has 5 nitrogen and oxygen atoms in total.